The first-order valence-electron chi connectivity index (χ1n) is 11.2. The maximum absolute atomic E-state index is 4.72. The van der Waals surface area contributed by atoms with E-state index >= 15 is 0 Å². The molecule has 0 spiro atoms. The molecule has 0 radical (unpaired) electrons. The summed E-state index contributed by atoms with van der Waals surface area (Å²) >= 11 is 3.56. The second-order valence-corrected chi connectivity index (χ2v) is 9.35. The third-order valence-electron chi connectivity index (χ3n) is 6.08. The minimum Gasteiger partial charge on any atom is -0.354 e. The van der Waals surface area contributed by atoms with Crippen molar-refractivity contribution in [3.8, 4) is 11.3 Å². The lowest BCUT2D eigenvalue weighted by atomic mass is 9.97. The van der Waals surface area contributed by atoms with E-state index in [0.717, 1.165) is 46.6 Å². The van der Waals surface area contributed by atoms with Gasteiger partial charge in [0.05, 0.1) is 16.4 Å². The quantitative estimate of drug-likeness (QED) is 0.386. The maximum Gasteiger partial charge on any atom is 0.229 e. The standard InChI is InChI=1S/C24H27BrN8/c1-32-12-9-18(10-13-32)14-27-23-30-22-20(25)16-29-33(22)24(31-23)28-15-17-5-7-19(8-6-17)21-4-2-3-11-26-21/h2-8,11,16,18H,9-10,12-15H2,1H3,(H2,27,28,30,31). The molecule has 3 aromatic heterocycles. The fraction of sp³-hybridized carbons (Fsp3) is 0.333. The zero-order valence-corrected chi connectivity index (χ0v) is 20.2. The number of aromatic nitrogens is 5. The number of likely N-dealkylation sites (tertiary alicyclic amines) is 1. The Hall–Kier alpha value is -3.04. The molecule has 0 aliphatic carbocycles. The highest BCUT2D eigenvalue weighted by molar-refractivity contribution is 9.10. The van der Waals surface area contributed by atoms with Crippen LogP contribution < -0.4 is 10.6 Å². The van der Waals surface area contributed by atoms with Gasteiger partial charge >= 0.3 is 0 Å². The average Bonchev–Trinajstić information content (AvgIpc) is 3.24. The number of nitrogens with one attached hydrogen (secondary N) is 2. The molecule has 9 heteroatoms. The Bertz CT molecular complexity index is 1200. The first-order chi connectivity index (χ1) is 16.2. The number of anilines is 2. The summed E-state index contributed by atoms with van der Waals surface area (Å²) in [7, 11) is 2.18. The molecule has 4 aromatic rings. The number of rotatable bonds is 7. The minimum atomic E-state index is 0.621. The van der Waals surface area contributed by atoms with Crippen LogP contribution in [0, 0.1) is 5.92 Å². The van der Waals surface area contributed by atoms with Gasteiger partial charge in [-0.15, -0.1) is 0 Å². The fourth-order valence-corrected chi connectivity index (χ4v) is 4.40. The van der Waals surface area contributed by atoms with E-state index in [0.29, 0.717) is 24.4 Å². The molecule has 33 heavy (non-hydrogen) atoms. The van der Waals surface area contributed by atoms with E-state index in [1.807, 2.05) is 24.4 Å². The summed E-state index contributed by atoms with van der Waals surface area (Å²) < 4.78 is 2.57. The zero-order valence-electron chi connectivity index (χ0n) is 18.6. The summed E-state index contributed by atoms with van der Waals surface area (Å²) in [5.74, 6) is 1.92. The van der Waals surface area contributed by atoms with Gasteiger partial charge in [0.2, 0.25) is 11.9 Å². The van der Waals surface area contributed by atoms with E-state index in [4.69, 9.17) is 4.98 Å². The van der Waals surface area contributed by atoms with Crippen LogP contribution in [0.25, 0.3) is 16.9 Å². The molecule has 0 bridgehead atoms. The molecule has 170 valence electrons. The molecule has 5 rings (SSSR count). The van der Waals surface area contributed by atoms with E-state index in [1.165, 1.54) is 12.8 Å². The number of halogens is 1. The van der Waals surface area contributed by atoms with Crippen LogP contribution in [-0.2, 0) is 6.54 Å². The first-order valence-corrected chi connectivity index (χ1v) is 12.0. The summed E-state index contributed by atoms with van der Waals surface area (Å²) in [6, 6.07) is 14.3. The molecule has 2 N–H and O–H groups in total. The highest BCUT2D eigenvalue weighted by atomic mass is 79.9. The molecular weight excluding hydrogens is 480 g/mol. The Labute approximate surface area is 201 Å². The van der Waals surface area contributed by atoms with Gasteiger partial charge in [-0.2, -0.15) is 19.6 Å². The van der Waals surface area contributed by atoms with Crippen molar-refractivity contribution >= 4 is 33.5 Å². The zero-order chi connectivity index (χ0) is 22.6. The lowest BCUT2D eigenvalue weighted by Crippen LogP contribution is -2.33. The van der Waals surface area contributed by atoms with Crippen LogP contribution in [0.4, 0.5) is 11.9 Å². The SMILES string of the molecule is CN1CCC(CNc2nc(NCc3ccc(-c4ccccn4)cc3)n3ncc(Br)c3n2)CC1. The molecule has 1 aliphatic heterocycles. The van der Waals surface area contributed by atoms with Crippen molar-refractivity contribution in [1.29, 1.82) is 0 Å². The Kier molecular flexibility index (Phi) is 6.50. The van der Waals surface area contributed by atoms with Gasteiger partial charge in [0, 0.05) is 24.8 Å². The van der Waals surface area contributed by atoms with E-state index in [2.05, 4.69) is 77.8 Å². The number of pyridine rings is 1. The van der Waals surface area contributed by atoms with Crippen molar-refractivity contribution in [2.75, 3.05) is 37.3 Å². The summed E-state index contributed by atoms with van der Waals surface area (Å²) in [5.41, 5.74) is 3.95. The van der Waals surface area contributed by atoms with Gasteiger partial charge in [-0.25, -0.2) is 0 Å². The molecule has 0 saturated carbocycles. The fourth-order valence-electron chi connectivity index (χ4n) is 4.05. The van der Waals surface area contributed by atoms with Crippen molar-refractivity contribution in [2.45, 2.75) is 19.4 Å². The summed E-state index contributed by atoms with van der Waals surface area (Å²) in [4.78, 5) is 16.2. The van der Waals surface area contributed by atoms with Gasteiger partial charge in [-0.3, -0.25) is 4.98 Å². The van der Waals surface area contributed by atoms with Crippen LogP contribution in [0.1, 0.15) is 18.4 Å². The van der Waals surface area contributed by atoms with Gasteiger partial charge in [0.15, 0.2) is 5.65 Å². The van der Waals surface area contributed by atoms with Crippen LogP contribution >= 0.6 is 15.9 Å². The van der Waals surface area contributed by atoms with Crippen LogP contribution in [0.2, 0.25) is 0 Å². The molecule has 1 fully saturated rings. The van der Waals surface area contributed by atoms with E-state index in [-0.39, 0.29) is 0 Å². The van der Waals surface area contributed by atoms with Crippen molar-refractivity contribution in [2.24, 2.45) is 5.92 Å². The third-order valence-corrected chi connectivity index (χ3v) is 6.64. The Morgan fingerprint density at radius 3 is 2.61 bits per heavy atom. The molecule has 0 unspecified atom stereocenters. The second-order valence-electron chi connectivity index (χ2n) is 8.49. The largest absolute Gasteiger partial charge is 0.354 e. The first kappa shape index (κ1) is 21.8. The van der Waals surface area contributed by atoms with Crippen LogP contribution in [0.3, 0.4) is 0 Å². The smallest absolute Gasteiger partial charge is 0.229 e. The van der Waals surface area contributed by atoms with E-state index in [1.54, 1.807) is 10.7 Å². The predicted molar refractivity (Wildman–Crippen MR) is 134 cm³/mol. The predicted octanol–water partition coefficient (Wildman–Crippen LogP) is 4.31. The van der Waals surface area contributed by atoms with Crippen molar-refractivity contribution < 1.29 is 0 Å². The second kappa shape index (κ2) is 9.84. The molecule has 0 atom stereocenters. The van der Waals surface area contributed by atoms with Crippen molar-refractivity contribution in [3.05, 3.63) is 64.9 Å². The molecule has 4 heterocycles. The molecule has 1 saturated heterocycles. The molecule has 1 aromatic carbocycles. The number of hydrogen-bond acceptors (Lipinski definition) is 7. The normalized spacial score (nSPS) is 15.1. The molecule has 0 amide bonds. The lowest BCUT2D eigenvalue weighted by Gasteiger charge is -2.28. The van der Waals surface area contributed by atoms with E-state index < -0.39 is 0 Å². The molecule has 8 nitrogen and oxygen atoms in total. The van der Waals surface area contributed by atoms with Gasteiger partial charge in [0.1, 0.15) is 0 Å². The lowest BCUT2D eigenvalue weighted by molar-refractivity contribution is 0.226. The highest BCUT2D eigenvalue weighted by Gasteiger charge is 2.18. The topological polar surface area (TPSA) is 83.3 Å². The molecular formula is C24H27BrN8. The van der Waals surface area contributed by atoms with Gasteiger partial charge in [0.25, 0.3) is 0 Å². The Morgan fingerprint density at radius 2 is 1.85 bits per heavy atom. The maximum atomic E-state index is 4.72. The van der Waals surface area contributed by atoms with Crippen LogP contribution in [-0.4, -0.2) is 56.1 Å². The number of piperidine rings is 1. The summed E-state index contributed by atoms with van der Waals surface area (Å²) in [6.45, 7) is 3.80. The van der Waals surface area contributed by atoms with Gasteiger partial charge in [-0.1, -0.05) is 30.3 Å². The molecule has 1 aliphatic rings. The van der Waals surface area contributed by atoms with Gasteiger partial charge < -0.3 is 15.5 Å². The number of nitrogens with zero attached hydrogens (tertiary/aromatic N) is 6. The number of benzene rings is 1. The Morgan fingerprint density at radius 1 is 1.03 bits per heavy atom. The third kappa shape index (κ3) is 5.15. The summed E-state index contributed by atoms with van der Waals surface area (Å²) in [5, 5.41) is 11.3. The van der Waals surface area contributed by atoms with Crippen molar-refractivity contribution in [3.63, 3.8) is 0 Å². The van der Waals surface area contributed by atoms with Crippen molar-refractivity contribution in [1.82, 2.24) is 29.5 Å². The van der Waals surface area contributed by atoms with Gasteiger partial charge in [-0.05, 0) is 72.5 Å². The highest BCUT2D eigenvalue weighted by Crippen LogP contribution is 2.22. The summed E-state index contributed by atoms with van der Waals surface area (Å²) in [6.07, 6.45) is 5.95. The number of hydrogen-bond donors (Lipinski definition) is 2. The van der Waals surface area contributed by atoms with Crippen LogP contribution in [0.5, 0.6) is 0 Å². The number of fused-ring (bicyclic) bond motifs is 1. The Balaban J connectivity index is 1.29. The average molecular weight is 507 g/mol. The van der Waals surface area contributed by atoms with Crippen LogP contribution in [0.15, 0.2) is 59.3 Å². The monoisotopic (exact) mass is 506 g/mol. The van der Waals surface area contributed by atoms with E-state index in [9.17, 15) is 0 Å². The minimum absolute atomic E-state index is 0.621.